The zero-order valence-electron chi connectivity index (χ0n) is 7.71. The highest BCUT2D eigenvalue weighted by Crippen LogP contribution is 2.47. The number of hydrogen-bond donors (Lipinski definition) is 0. The fourth-order valence-electron chi connectivity index (χ4n) is 3.65. The van der Waals surface area contributed by atoms with Crippen molar-refractivity contribution in [3.63, 3.8) is 0 Å². The SMILES string of the molecule is C1=CC2CCC1C1CCC2CC1. The molecule has 3 fully saturated rings. The molecule has 0 heteroatoms. The summed E-state index contributed by atoms with van der Waals surface area (Å²) in [6.07, 6.45) is 14.2. The van der Waals surface area contributed by atoms with Crippen molar-refractivity contribution in [2.45, 2.75) is 38.5 Å². The van der Waals surface area contributed by atoms with Gasteiger partial charge in [-0.15, -0.1) is 0 Å². The van der Waals surface area contributed by atoms with E-state index in [0.717, 1.165) is 23.7 Å². The van der Waals surface area contributed by atoms with Gasteiger partial charge in [0.2, 0.25) is 0 Å². The van der Waals surface area contributed by atoms with Crippen LogP contribution in [0.2, 0.25) is 0 Å². The molecular weight excluding hydrogens is 144 g/mol. The maximum atomic E-state index is 2.55. The Bertz CT molecular complexity index is 174. The Morgan fingerprint density at radius 1 is 0.583 bits per heavy atom. The fourth-order valence-corrected chi connectivity index (χ4v) is 3.65. The van der Waals surface area contributed by atoms with Gasteiger partial charge in [-0.05, 0) is 62.2 Å². The quantitative estimate of drug-likeness (QED) is 0.479. The van der Waals surface area contributed by atoms with Gasteiger partial charge in [-0.25, -0.2) is 0 Å². The molecule has 0 amide bonds. The Morgan fingerprint density at radius 3 is 1.33 bits per heavy atom. The fraction of sp³-hybridized carbons (Fsp3) is 0.833. The first kappa shape index (κ1) is 7.17. The molecule has 0 aromatic rings. The molecule has 0 N–H and O–H groups in total. The molecule has 0 aliphatic heterocycles. The summed E-state index contributed by atoms with van der Waals surface area (Å²) in [5.41, 5.74) is 0. The Labute approximate surface area is 75.0 Å². The molecule has 66 valence electrons. The van der Waals surface area contributed by atoms with Crippen molar-refractivity contribution in [3.8, 4) is 0 Å². The molecule has 0 aromatic heterocycles. The Kier molecular flexibility index (Phi) is 1.56. The second kappa shape index (κ2) is 2.61. The lowest BCUT2D eigenvalue weighted by atomic mass is 9.63. The van der Waals surface area contributed by atoms with Gasteiger partial charge in [0.25, 0.3) is 0 Å². The predicted molar refractivity (Wildman–Crippen MR) is 50.8 cm³/mol. The van der Waals surface area contributed by atoms with Gasteiger partial charge in [-0.3, -0.25) is 0 Å². The highest BCUT2D eigenvalue weighted by atomic mass is 14.4. The Hall–Kier alpha value is -0.260. The molecule has 2 unspecified atom stereocenters. The van der Waals surface area contributed by atoms with E-state index in [4.69, 9.17) is 0 Å². The molecule has 3 saturated carbocycles. The lowest BCUT2D eigenvalue weighted by Gasteiger charge is -2.42. The van der Waals surface area contributed by atoms with E-state index in [9.17, 15) is 0 Å². The summed E-state index contributed by atoms with van der Waals surface area (Å²) in [4.78, 5) is 0. The highest BCUT2D eigenvalue weighted by molar-refractivity contribution is 5.05. The molecule has 4 bridgehead atoms. The van der Waals surface area contributed by atoms with Crippen molar-refractivity contribution in [1.29, 1.82) is 0 Å². The van der Waals surface area contributed by atoms with E-state index in [0.29, 0.717) is 0 Å². The first-order valence-corrected chi connectivity index (χ1v) is 5.62. The Balaban J connectivity index is 1.96. The first-order chi connectivity index (χ1) is 5.93. The first-order valence-electron chi connectivity index (χ1n) is 5.62. The third-order valence-corrected chi connectivity index (χ3v) is 4.47. The van der Waals surface area contributed by atoms with E-state index in [1.165, 1.54) is 38.5 Å². The molecule has 0 nitrogen and oxygen atoms in total. The molecule has 12 heavy (non-hydrogen) atoms. The summed E-state index contributed by atoms with van der Waals surface area (Å²) in [6.45, 7) is 0. The molecule has 0 spiro atoms. The third kappa shape index (κ3) is 0.967. The summed E-state index contributed by atoms with van der Waals surface area (Å²) < 4.78 is 0. The van der Waals surface area contributed by atoms with Gasteiger partial charge in [-0.2, -0.15) is 0 Å². The maximum Gasteiger partial charge on any atom is -0.0205 e. The van der Waals surface area contributed by atoms with Gasteiger partial charge in [-0.1, -0.05) is 12.2 Å². The summed E-state index contributed by atoms with van der Waals surface area (Å²) in [7, 11) is 0. The second-order valence-corrected chi connectivity index (χ2v) is 4.96. The van der Waals surface area contributed by atoms with E-state index >= 15 is 0 Å². The van der Waals surface area contributed by atoms with Crippen molar-refractivity contribution in [2.24, 2.45) is 23.7 Å². The van der Waals surface area contributed by atoms with Gasteiger partial charge in [0.1, 0.15) is 0 Å². The van der Waals surface area contributed by atoms with Crippen LogP contribution in [0.25, 0.3) is 0 Å². The molecule has 6 aliphatic rings. The molecule has 0 heterocycles. The smallest absolute Gasteiger partial charge is 0.0205 e. The lowest BCUT2D eigenvalue weighted by Crippen LogP contribution is -2.31. The van der Waals surface area contributed by atoms with Crippen LogP contribution >= 0.6 is 0 Å². The van der Waals surface area contributed by atoms with Crippen molar-refractivity contribution < 1.29 is 0 Å². The molecule has 0 saturated heterocycles. The van der Waals surface area contributed by atoms with Gasteiger partial charge in [0, 0.05) is 0 Å². The van der Waals surface area contributed by atoms with E-state index in [-0.39, 0.29) is 0 Å². The highest BCUT2D eigenvalue weighted by Gasteiger charge is 2.35. The summed E-state index contributed by atoms with van der Waals surface area (Å²) in [5.74, 6) is 4.09. The molecular formula is C12H18. The number of rotatable bonds is 0. The van der Waals surface area contributed by atoms with Crippen LogP contribution < -0.4 is 0 Å². The molecule has 6 aliphatic carbocycles. The Morgan fingerprint density at radius 2 is 1.00 bits per heavy atom. The van der Waals surface area contributed by atoms with Crippen LogP contribution in [0.5, 0.6) is 0 Å². The monoisotopic (exact) mass is 162 g/mol. The van der Waals surface area contributed by atoms with Gasteiger partial charge < -0.3 is 0 Å². The van der Waals surface area contributed by atoms with Crippen LogP contribution in [0.15, 0.2) is 12.2 Å². The van der Waals surface area contributed by atoms with Crippen molar-refractivity contribution in [3.05, 3.63) is 12.2 Å². The normalized spacial score (nSPS) is 50.7. The van der Waals surface area contributed by atoms with E-state index in [2.05, 4.69) is 12.2 Å². The van der Waals surface area contributed by atoms with Gasteiger partial charge in [0.05, 0.1) is 0 Å². The average Bonchev–Trinajstić information content (AvgIpc) is 2.13. The van der Waals surface area contributed by atoms with Crippen LogP contribution in [0, 0.1) is 23.7 Å². The van der Waals surface area contributed by atoms with Crippen LogP contribution in [-0.2, 0) is 0 Å². The lowest BCUT2D eigenvalue weighted by molar-refractivity contribution is 0.136. The van der Waals surface area contributed by atoms with Crippen molar-refractivity contribution in [1.82, 2.24) is 0 Å². The predicted octanol–water partition coefficient (Wildman–Crippen LogP) is 3.39. The zero-order chi connectivity index (χ0) is 7.97. The van der Waals surface area contributed by atoms with E-state index in [1.54, 1.807) is 0 Å². The van der Waals surface area contributed by atoms with Crippen molar-refractivity contribution >= 4 is 0 Å². The topological polar surface area (TPSA) is 0 Å². The average molecular weight is 162 g/mol. The standard InChI is InChI=1S/C12H18/c1-2-10-4-3-9(1)11-5-7-12(10)8-6-11/h1-2,9-12H,3-8H2. The van der Waals surface area contributed by atoms with Gasteiger partial charge >= 0.3 is 0 Å². The van der Waals surface area contributed by atoms with Crippen LogP contribution in [-0.4, -0.2) is 0 Å². The molecule has 6 rings (SSSR count). The minimum Gasteiger partial charge on any atom is -0.0849 e. The van der Waals surface area contributed by atoms with Gasteiger partial charge in [0.15, 0.2) is 0 Å². The largest absolute Gasteiger partial charge is 0.0849 e. The molecule has 2 atom stereocenters. The minimum absolute atomic E-state index is 0.975. The summed E-state index contributed by atoms with van der Waals surface area (Å²) >= 11 is 0. The van der Waals surface area contributed by atoms with Crippen LogP contribution in [0.1, 0.15) is 38.5 Å². The van der Waals surface area contributed by atoms with E-state index in [1.807, 2.05) is 0 Å². The molecule has 0 aromatic carbocycles. The van der Waals surface area contributed by atoms with Crippen LogP contribution in [0.4, 0.5) is 0 Å². The number of hydrogen-bond acceptors (Lipinski definition) is 0. The summed E-state index contributed by atoms with van der Waals surface area (Å²) in [5, 5.41) is 0. The van der Waals surface area contributed by atoms with E-state index < -0.39 is 0 Å². The van der Waals surface area contributed by atoms with Crippen molar-refractivity contribution in [2.75, 3.05) is 0 Å². The maximum absolute atomic E-state index is 2.55. The minimum atomic E-state index is 0.975. The zero-order valence-corrected chi connectivity index (χ0v) is 7.71. The second-order valence-electron chi connectivity index (χ2n) is 4.96. The summed E-state index contributed by atoms with van der Waals surface area (Å²) in [6, 6.07) is 0. The number of allylic oxidation sites excluding steroid dienone is 2. The third-order valence-electron chi connectivity index (χ3n) is 4.47. The molecule has 0 radical (unpaired) electrons. The van der Waals surface area contributed by atoms with Crippen LogP contribution in [0.3, 0.4) is 0 Å².